The third-order valence-corrected chi connectivity index (χ3v) is 3.26. The Morgan fingerprint density at radius 3 is 2.85 bits per heavy atom. The van der Waals surface area contributed by atoms with Crippen molar-refractivity contribution >= 4 is 17.3 Å². The van der Waals surface area contributed by atoms with Crippen LogP contribution in [0.25, 0.3) is 0 Å². The van der Waals surface area contributed by atoms with Crippen LogP contribution in [0.4, 0.5) is 11.4 Å². The van der Waals surface area contributed by atoms with Gasteiger partial charge < -0.3 is 20.7 Å². The molecule has 5 nitrogen and oxygen atoms in total. The standard InChI is InChI=1S/C15H23N3O2/c1-4-20-15(2,3)10-18-14(19)11-6-5-7-12-13(11)17-9-8-16-12/h5-7,16-17H,4,8-10H2,1-3H3,(H,18,19). The van der Waals surface area contributed by atoms with E-state index in [0.717, 1.165) is 24.5 Å². The van der Waals surface area contributed by atoms with Crippen molar-refractivity contribution in [1.29, 1.82) is 0 Å². The van der Waals surface area contributed by atoms with Crippen molar-refractivity contribution in [3.63, 3.8) is 0 Å². The first-order valence-electron chi connectivity index (χ1n) is 7.06. The number of hydrogen-bond donors (Lipinski definition) is 3. The Hall–Kier alpha value is -1.75. The van der Waals surface area contributed by atoms with E-state index in [4.69, 9.17) is 4.74 Å². The Bertz CT molecular complexity index is 486. The van der Waals surface area contributed by atoms with Gasteiger partial charge in [-0.15, -0.1) is 0 Å². The van der Waals surface area contributed by atoms with E-state index in [1.807, 2.05) is 39.0 Å². The lowest BCUT2D eigenvalue weighted by atomic mass is 10.1. The number of carbonyl (C=O) groups excluding carboxylic acids is 1. The van der Waals surface area contributed by atoms with E-state index in [-0.39, 0.29) is 11.5 Å². The van der Waals surface area contributed by atoms with Gasteiger partial charge in [0.15, 0.2) is 0 Å². The summed E-state index contributed by atoms with van der Waals surface area (Å²) in [6.07, 6.45) is 0. The number of carbonyl (C=O) groups is 1. The second-order valence-corrected chi connectivity index (χ2v) is 5.46. The maximum atomic E-state index is 12.3. The Labute approximate surface area is 120 Å². The van der Waals surface area contributed by atoms with E-state index >= 15 is 0 Å². The molecule has 0 unspecified atom stereocenters. The predicted molar refractivity (Wildman–Crippen MR) is 81.5 cm³/mol. The molecule has 0 fully saturated rings. The average molecular weight is 277 g/mol. The summed E-state index contributed by atoms with van der Waals surface area (Å²) in [6, 6.07) is 5.70. The summed E-state index contributed by atoms with van der Waals surface area (Å²) in [5.41, 5.74) is 2.17. The smallest absolute Gasteiger partial charge is 0.253 e. The van der Waals surface area contributed by atoms with Gasteiger partial charge in [-0.3, -0.25) is 4.79 Å². The fourth-order valence-corrected chi connectivity index (χ4v) is 2.29. The highest BCUT2D eigenvalue weighted by atomic mass is 16.5. The molecule has 0 radical (unpaired) electrons. The second kappa shape index (κ2) is 6.13. The third kappa shape index (κ3) is 3.42. The van der Waals surface area contributed by atoms with Crippen LogP contribution >= 0.6 is 0 Å². The van der Waals surface area contributed by atoms with Gasteiger partial charge in [-0.25, -0.2) is 0 Å². The lowest BCUT2D eigenvalue weighted by molar-refractivity contribution is -0.00814. The number of nitrogens with one attached hydrogen (secondary N) is 3. The van der Waals surface area contributed by atoms with E-state index in [9.17, 15) is 4.79 Å². The molecule has 0 aromatic heterocycles. The van der Waals surface area contributed by atoms with Crippen LogP contribution in [0.3, 0.4) is 0 Å². The summed E-state index contributed by atoms with van der Waals surface area (Å²) < 4.78 is 5.59. The van der Waals surface area contributed by atoms with Gasteiger partial charge in [-0.1, -0.05) is 6.07 Å². The zero-order valence-electron chi connectivity index (χ0n) is 12.4. The molecule has 1 heterocycles. The molecular formula is C15H23N3O2. The molecule has 0 atom stereocenters. The highest BCUT2D eigenvalue weighted by Crippen LogP contribution is 2.28. The highest BCUT2D eigenvalue weighted by molar-refractivity contribution is 6.02. The minimum atomic E-state index is -0.356. The van der Waals surface area contributed by atoms with Crippen molar-refractivity contribution in [1.82, 2.24) is 5.32 Å². The van der Waals surface area contributed by atoms with Crippen LogP contribution < -0.4 is 16.0 Å². The fraction of sp³-hybridized carbons (Fsp3) is 0.533. The van der Waals surface area contributed by atoms with Crippen molar-refractivity contribution in [2.45, 2.75) is 26.4 Å². The molecule has 1 aromatic rings. The SMILES string of the molecule is CCOC(C)(C)CNC(=O)c1cccc2c1NCCN2. The number of ether oxygens (including phenoxy) is 1. The quantitative estimate of drug-likeness (QED) is 0.771. The summed E-state index contributed by atoms with van der Waals surface area (Å²) >= 11 is 0. The van der Waals surface area contributed by atoms with E-state index in [1.54, 1.807) is 0 Å². The number of rotatable bonds is 5. The first-order valence-corrected chi connectivity index (χ1v) is 7.06. The molecule has 2 rings (SSSR count). The fourth-order valence-electron chi connectivity index (χ4n) is 2.29. The van der Waals surface area contributed by atoms with Gasteiger partial charge in [0.2, 0.25) is 0 Å². The van der Waals surface area contributed by atoms with Crippen molar-refractivity contribution in [2.75, 3.05) is 36.9 Å². The van der Waals surface area contributed by atoms with Gasteiger partial charge >= 0.3 is 0 Å². The van der Waals surface area contributed by atoms with E-state index < -0.39 is 0 Å². The molecular weight excluding hydrogens is 254 g/mol. The summed E-state index contributed by atoms with van der Waals surface area (Å²) in [6.45, 7) is 8.70. The molecule has 0 saturated heterocycles. The van der Waals surface area contributed by atoms with Crippen LogP contribution in [0.5, 0.6) is 0 Å². The minimum Gasteiger partial charge on any atom is -0.382 e. The van der Waals surface area contributed by atoms with E-state index in [0.29, 0.717) is 18.7 Å². The number of fused-ring (bicyclic) bond motifs is 1. The topological polar surface area (TPSA) is 62.4 Å². The molecule has 0 bridgehead atoms. The Balaban J connectivity index is 2.06. The van der Waals surface area contributed by atoms with Gasteiger partial charge in [0.1, 0.15) is 0 Å². The third-order valence-electron chi connectivity index (χ3n) is 3.26. The second-order valence-electron chi connectivity index (χ2n) is 5.46. The largest absolute Gasteiger partial charge is 0.382 e. The van der Waals surface area contributed by atoms with Crippen LogP contribution in [0.1, 0.15) is 31.1 Å². The monoisotopic (exact) mass is 277 g/mol. The van der Waals surface area contributed by atoms with Crippen molar-refractivity contribution in [2.24, 2.45) is 0 Å². The molecule has 1 aliphatic rings. The lowest BCUT2D eigenvalue weighted by Crippen LogP contribution is -2.40. The van der Waals surface area contributed by atoms with Crippen molar-refractivity contribution in [3.8, 4) is 0 Å². The van der Waals surface area contributed by atoms with Gasteiger partial charge in [-0.2, -0.15) is 0 Å². The number of benzene rings is 1. The van der Waals surface area contributed by atoms with Gasteiger partial charge in [0.25, 0.3) is 5.91 Å². The predicted octanol–water partition coefficient (Wildman–Crippen LogP) is 2.07. The number of anilines is 2. The first kappa shape index (κ1) is 14.7. The Morgan fingerprint density at radius 2 is 2.10 bits per heavy atom. The molecule has 3 N–H and O–H groups in total. The zero-order valence-corrected chi connectivity index (χ0v) is 12.4. The summed E-state index contributed by atoms with van der Waals surface area (Å²) in [5.74, 6) is -0.0779. The Morgan fingerprint density at radius 1 is 1.35 bits per heavy atom. The van der Waals surface area contributed by atoms with E-state index in [1.165, 1.54) is 0 Å². The van der Waals surface area contributed by atoms with Crippen LogP contribution in [0.2, 0.25) is 0 Å². The van der Waals surface area contributed by atoms with E-state index in [2.05, 4.69) is 16.0 Å². The normalized spacial score (nSPS) is 13.9. The van der Waals surface area contributed by atoms with Crippen molar-refractivity contribution in [3.05, 3.63) is 23.8 Å². The summed E-state index contributed by atoms with van der Waals surface area (Å²) in [5, 5.41) is 9.51. The molecule has 0 spiro atoms. The van der Waals surface area contributed by atoms with Gasteiger partial charge in [0.05, 0.1) is 22.5 Å². The molecule has 0 saturated carbocycles. The first-order chi connectivity index (χ1) is 9.53. The maximum Gasteiger partial charge on any atom is 0.253 e. The van der Waals surface area contributed by atoms with Gasteiger partial charge in [0, 0.05) is 26.2 Å². The maximum absolute atomic E-state index is 12.3. The Kier molecular flexibility index (Phi) is 4.49. The molecule has 1 aromatic carbocycles. The van der Waals surface area contributed by atoms with Crippen molar-refractivity contribution < 1.29 is 9.53 Å². The van der Waals surface area contributed by atoms with Crippen LogP contribution in [0, 0.1) is 0 Å². The average Bonchev–Trinajstić information content (AvgIpc) is 2.44. The minimum absolute atomic E-state index is 0.0779. The molecule has 1 amide bonds. The lowest BCUT2D eigenvalue weighted by Gasteiger charge is -2.26. The van der Waals surface area contributed by atoms with Crippen LogP contribution in [-0.2, 0) is 4.74 Å². The molecule has 20 heavy (non-hydrogen) atoms. The number of para-hydroxylation sites is 1. The molecule has 110 valence electrons. The molecule has 1 aliphatic heterocycles. The van der Waals surface area contributed by atoms with Crippen LogP contribution in [-0.4, -0.2) is 37.7 Å². The highest BCUT2D eigenvalue weighted by Gasteiger charge is 2.21. The molecule has 0 aliphatic carbocycles. The number of amides is 1. The van der Waals surface area contributed by atoms with Gasteiger partial charge in [-0.05, 0) is 32.9 Å². The molecule has 5 heteroatoms. The zero-order chi connectivity index (χ0) is 14.6. The van der Waals surface area contributed by atoms with Crippen LogP contribution in [0.15, 0.2) is 18.2 Å². The number of hydrogen-bond acceptors (Lipinski definition) is 4. The summed E-state index contributed by atoms with van der Waals surface area (Å²) in [7, 11) is 0. The summed E-state index contributed by atoms with van der Waals surface area (Å²) in [4.78, 5) is 12.3.